The molecule has 1 atom stereocenters. The third kappa shape index (κ3) is 5.13. The minimum Gasteiger partial charge on any atom is -0.448 e. The minimum absolute atomic E-state index is 0.279. The Kier molecular flexibility index (Phi) is 6.78. The van der Waals surface area contributed by atoms with Gasteiger partial charge < -0.3 is 20.4 Å². The molecule has 6 heteroatoms. The van der Waals surface area contributed by atoms with Crippen LogP contribution >= 0.6 is 0 Å². The Bertz CT molecular complexity index is 483. The van der Waals surface area contributed by atoms with Crippen LogP contribution in [-0.4, -0.2) is 29.1 Å². The van der Waals surface area contributed by atoms with Crippen molar-refractivity contribution < 1.29 is 14.3 Å². The second-order valence-corrected chi connectivity index (χ2v) is 5.04. The van der Waals surface area contributed by atoms with Crippen molar-refractivity contribution in [3.8, 4) is 0 Å². The van der Waals surface area contributed by atoms with Gasteiger partial charge in [0.1, 0.15) is 5.69 Å². The van der Waals surface area contributed by atoms with Crippen molar-refractivity contribution in [3.05, 3.63) is 18.0 Å². The summed E-state index contributed by atoms with van der Waals surface area (Å²) < 4.78 is 6.95. The first-order valence-electron chi connectivity index (χ1n) is 7.43. The number of anilines is 1. The molecule has 6 nitrogen and oxygen atoms in total. The number of esters is 1. The van der Waals surface area contributed by atoms with Crippen molar-refractivity contribution in [1.29, 1.82) is 0 Å². The van der Waals surface area contributed by atoms with Gasteiger partial charge in [-0.2, -0.15) is 0 Å². The van der Waals surface area contributed by atoms with E-state index < -0.39 is 12.1 Å². The summed E-state index contributed by atoms with van der Waals surface area (Å²) in [7, 11) is 0. The molecule has 21 heavy (non-hydrogen) atoms. The maximum atomic E-state index is 12.1. The maximum absolute atomic E-state index is 12.1. The molecule has 1 heterocycles. The molecule has 0 saturated heterocycles. The molecule has 0 bridgehead atoms. The van der Waals surface area contributed by atoms with Crippen molar-refractivity contribution in [2.45, 2.75) is 52.7 Å². The van der Waals surface area contributed by atoms with Crippen molar-refractivity contribution in [3.63, 3.8) is 0 Å². The average molecular weight is 295 g/mol. The topological polar surface area (TPSA) is 86.3 Å². The number of nitrogens with one attached hydrogen (secondary N) is 1. The quantitative estimate of drug-likeness (QED) is 0.567. The van der Waals surface area contributed by atoms with Gasteiger partial charge in [-0.15, -0.1) is 0 Å². The number of amides is 1. The molecule has 0 aliphatic rings. The van der Waals surface area contributed by atoms with Gasteiger partial charge >= 0.3 is 5.97 Å². The average Bonchev–Trinajstić information content (AvgIpc) is 2.80. The number of nitrogens with zero attached hydrogens (tertiary/aromatic N) is 1. The normalized spacial score (nSPS) is 12.0. The van der Waals surface area contributed by atoms with Crippen LogP contribution in [0, 0.1) is 0 Å². The fourth-order valence-electron chi connectivity index (χ4n) is 1.94. The lowest BCUT2D eigenvalue weighted by Gasteiger charge is -2.14. The molecule has 0 spiro atoms. The number of aryl methyl sites for hydroxylation is 1. The number of hydrogen-bond acceptors (Lipinski definition) is 4. The van der Waals surface area contributed by atoms with E-state index in [0.717, 1.165) is 19.3 Å². The van der Waals surface area contributed by atoms with Crippen LogP contribution in [-0.2, 0) is 16.1 Å². The molecule has 1 unspecified atom stereocenters. The summed E-state index contributed by atoms with van der Waals surface area (Å²) >= 11 is 0. The first kappa shape index (κ1) is 17.1. The van der Waals surface area contributed by atoms with Gasteiger partial charge in [-0.3, -0.25) is 4.79 Å². The molecular formula is C15H25N3O3. The summed E-state index contributed by atoms with van der Waals surface area (Å²) in [6.45, 7) is 6.89. The number of nitrogens with two attached hydrogens (primary N) is 1. The van der Waals surface area contributed by atoms with Crippen LogP contribution in [0.25, 0.3) is 0 Å². The Morgan fingerprint density at radius 1 is 1.38 bits per heavy atom. The summed E-state index contributed by atoms with van der Waals surface area (Å²) in [6.07, 6.45) is 3.66. The van der Waals surface area contributed by atoms with E-state index in [0.29, 0.717) is 24.5 Å². The molecule has 0 saturated carbocycles. The third-order valence-corrected chi connectivity index (χ3v) is 3.07. The molecule has 1 rings (SSSR count). The number of unbranched alkanes of at least 4 members (excludes halogenated alkanes) is 1. The highest BCUT2D eigenvalue weighted by Crippen LogP contribution is 2.13. The Balaban J connectivity index is 2.61. The van der Waals surface area contributed by atoms with Gasteiger partial charge in [-0.1, -0.05) is 20.3 Å². The number of hydrogen-bond donors (Lipinski definition) is 2. The zero-order valence-corrected chi connectivity index (χ0v) is 13.0. The fourth-order valence-corrected chi connectivity index (χ4v) is 1.94. The number of carbonyl (C=O) groups excluding carboxylic acids is 2. The molecule has 1 aromatic heterocycles. The van der Waals surface area contributed by atoms with E-state index in [9.17, 15) is 9.59 Å². The number of nitrogen functional groups attached to an aromatic ring is 1. The highest BCUT2D eigenvalue weighted by atomic mass is 16.5. The lowest BCUT2D eigenvalue weighted by Crippen LogP contribution is -2.36. The lowest BCUT2D eigenvalue weighted by molar-refractivity contribution is -0.129. The summed E-state index contributed by atoms with van der Waals surface area (Å²) in [5.74, 6) is -0.809. The van der Waals surface area contributed by atoms with Crippen molar-refractivity contribution >= 4 is 17.6 Å². The van der Waals surface area contributed by atoms with E-state index >= 15 is 0 Å². The molecule has 0 radical (unpaired) electrons. The van der Waals surface area contributed by atoms with E-state index in [1.807, 2.05) is 13.8 Å². The van der Waals surface area contributed by atoms with E-state index in [4.69, 9.17) is 10.5 Å². The van der Waals surface area contributed by atoms with Gasteiger partial charge in [0.2, 0.25) is 0 Å². The Morgan fingerprint density at radius 2 is 2.10 bits per heavy atom. The highest BCUT2D eigenvalue weighted by Gasteiger charge is 2.21. The Labute approximate surface area is 125 Å². The predicted molar refractivity (Wildman–Crippen MR) is 81.9 cm³/mol. The Hall–Kier alpha value is -1.98. The standard InChI is InChI=1S/C15H25N3O3/c1-4-6-7-17-14(19)11(3)21-15(20)13-9-12(16)10-18(13)8-5-2/h9-11H,4-8,16H2,1-3H3,(H,17,19). The first-order chi connectivity index (χ1) is 9.99. The van der Waals surface area contributed by atoms with Crippen molar-refractivity contribution in [2.75, 3.05) is 12.3 Å². The van der Waals surface area contributed by atoms with Crippen LogP contribution in [0.2, 0.25) is 0 Å². The molecule has 1 aromatic rings. The zero-order chi connectivity index (χ0) is 15.8. The highest BCUT2D eigenvalue weighted by molar-refractivity contribution is 5.91. The molecule has 0 aliphatic carbocycles. The zero-order valence-electron chi connectivity index (χ0n) is 13.0. The Morgan fingerprint density at radius 3 is 2.71 bits per heavy atom. The van der Waals surface area contributed by atoms with E-state index in [2.05, 4.69) is 5.32 Å². The van der Waals surface area contributed by atoms with Gasteiger partial charge in [0.05, 0.1) is 5.69 Å². The maximum Gasteiger partial charge on any atom is 0.355 e. The fraction of sp³-hybridized carbons (Fsp3) is 0.600. The molecule has 0 fully saturated rings. The SMILES string of the molecule is CCCCNC(=O)C(C)OC(=O)c1cc(N)cn1CCC. The van der Waals surface area contributed by atoms with Crippen LogP contribution in [0.15, 0.2) is 12.3 Å². The van der Waals surface area contributed by atoms with Crippen LogP contribution in [0.5, 0.6) is 0 Å². The molecule has 118 valence electrons. The van der Waals surface area contributed by atoms with Crippen LogP contribution in [0.4, 0.5) is 5.69 Å². The van der Waals surface area contributed by atoms with Gasteiger partial charge in [0, 0.05) is 19.3 Å². The minimum atomic E-state index is -0.819. The van der Waals surface area contributed by atoms with Gasteiger partial charge in [0.25, 0.3) is 5.91 Å². The van der Waals surface area contributed by atoms with Crippen LogP contribution in [0.3, 0.4) is 0 Å². The number of rotatable bonds is 8. The van der Waals surface area contributed by atoms with Crippen molar-refractivity contribution in [2.24, 2.45) is 0 Å². The van der Waals surface area contributed by atoms with Crippen LogP contribution in [0.1, 0.15) is 50.5 Å². The lowest BCUT2D eigenvalue weighted by atomic mass is 10.3. The van der Waals surface area contributed by atoms with Gasteiger partial charge in [0.15, 0.2) is 6.10 Å². The van der Waals surface area contributed by atoms with E-state index in [-0.39, 0.29) is 5.91 Å². The summed E-state index contributed by atoms with van der Waals surface area (Å²) in [4.78, 5) is 23.9. The molecular weight excluding hydrogens is 270 g/mol. The second-order valence-electron chi connectivity index (χ2n) is 5.04. The smallest absolute Gasteiger partial charge is 0.355 e. The third-order valence-electron chi connectivity index (χ3n) is 3.07. The summed E-state index contributed by atoms with van der Waals surface area (Å²) in [5, 5.41) is 2.74. The molecule has 0 aromatic carbocycles. The molecule has 0 aliphatic heterocycles. The predicted octanol–water partition coefficient (Wildman–Crippen LogP) is 1.94. The van der Waals surface area contributed by atoms with Gasteiger partial charge in [-0.25, -0.2) is 4.79 Å². The molecule has 1 amide bonds. The van der Waals surface area contributed by atoms with Crippen molar-refractivity contribution in [1.82, 2.24) is 9.88 Å². The van der Waals surface area contributed by atoms with Crippen LogP contribution < -0.4 is 11.1 Å². The number of ether oxygens (including phenoxy) is 1. The number of carbonyl (C=O) groups is 2. The second kappa shape index (κ2) is 8.34. The van der Waals surface area contributed by atoms with E-state index in [1.54, 1.807) is 23.8 Å². The monoisotopic (exact) mass is 295 g/mol. The summed E-state index contributed by atoms with van der Waals surface area (Å²) in [5.41, 5.74) is 6.60. The van der Waals surface area contributed by atoms with Gasteiger partial charge in [-0.05, 0) is 25.8 Å². The molecule has 3 N–H and O–H groups in total. The largest absolute Gasteiger partial charge is 0.448 e. The number of aromatic nitrogens is 1. The van der Waals surface area contributed by atoms with E-state index in [1.165, 1.54) is 0 Å². The summed E-state index contributed by atoms with van der Waals surface area (Å²) in [6, 6.07) is 1.57. The first-order valence-corrected chi connectivity index (χ1v) is 7.43.